The first-order chi connectivity index (χ1) is 32.4. The second kappa shape index (κ2) is 24.7. The second-order valence-electron chi connectivity index (χ2n) is 25.0. The number of ketones is 1. The first-order valence-corrected chi connectivity index (χ1v) is 32.6. The Kier molecular flexibility index (Phi) is 21.4. The second-order valence-corrected chi connectivity index (χ2v) is 34.6. The standard InChI is InChI=1S/C55H99NO12Si2/c1-20-40-28-34(2)27-35(3)29-46(63-14)49-47(64-15)31-37(5)55(61,66-49)50(58)51(59)56-26-22-21-23-41(56)52(60)65-44(33-42(40)57)38(6)48(68-70(18,19)54(10,11)12)36(4)30-39-24-25-43(45(32-39)62-13)67-69(16,17)53(7,8)9/h28,30,35,37-49,57,61H,20-27,29,31-33H2,1-19H3/b34-28+,36-30+/t35-,37+,38+,39-,40+,41-,42+,43+,44-,45+,46?,47-,48+,49+,55+/m0/s1. The highest BCUT2D eigenvalue weighted by Crippen LogP contribution is 2.44. The number of nitrogens with zero attached hydrogens (tertiary/aromatic N) is 1. The van der Waals surface area contributed by atoms with Gasteiger partial charge in [-0.2, -0.15) is 0 Å². The molecule has 0 aromatic heterocycles. The molecule has 1 aliphatic carbocycles. The van der Waals surface area contributed by atoms with Crippen LogP contribution >= 0.6 is 0 Å². The monoisotopic (exact) mass is 1020 g/mol. The van der Waals surface area contributed by atoms with Gasteiger partial charge >= 0.3 is 5.97 Å². The maximum absolute atomic E-state index is 14.9. The summed E-state index contributed by atoms with van der Waals surface area (Å²) in [5.41, 5.74) is 2.14. The van der Waals surface area contributed by atoms with Crippen molar-refractivity contribution in [2.24, 2.45) is 29.6 Å². The topological polar surface area (TPSA) is 160 Å². The van der Waals surface area contributed by atoms with E-state index >= 15 is 0 Å². The number of aliphatic hydroxyl groups is 2. The molecule has 1 amide bonds. The van der Waals surface area contributed by atoms with Crippen molar-refractivity contribution in [3.8, 4) is 0 Å². The third-order valence-electron chi connectivity index (χ3n) is 17.5. The summed E-state index contributed by atoms with van der Waals surface area (Å²) in [6.45, 7) is 34.7. The summed E-state index contributed by atoms with van der Waals surface area (Å²) in [6.07, 6.45) is 6.67. The Balaban J connectivity index is 1.81. The number of esters is 1. The van der Waals surface area contributed by atoms with Crippen molar-refractivity contribution in [3.63, 3.8) is 0 Å². The fourth-order valence-corrected chi connectivity index (χ4v) is 13.7. The fraction of sp³-hybridized carbons (Fsp3) is 0.873. The lowest BCUT2D eigenvalue weighted by atomic mass is 9.81. The SMILES string of the molecule is CC[C@@H]1/C=C(\C)C[C@H](C)CC(OC)[C@H]2O[C@@](O)(C(=O)C(=O)N3CCCC[C@H]3C(=O)O[C@H]([C@@H](C)[C@H](O[Si](C)(C)C(C)(C)C)/C(C)=C/[C@@H]3CC[C@@H](O[Si](C)(C)C(C)(C)C)[C@H](OC)C3)C[C@H]1O)[C@H](C)C[C@@H]2OC. The average Bonchev–Trinajstić information content (AvgIpc) is 3.28. The van der Waals surface area contributed by atoms with E-state index in [4.69, 9.17) is 32.5 Å². The van der Waals surface area contributed by atoms with Gasteiger partial charge in [0.05, 0.1) is 36.6 Å². The Bertz CT molecular complexity index is 1810. The number of hydrogen-bond donors (Lipinski definition) is 2. The molecule has 2 bridgehead atoms. The highest BCUT2D eigenvalue weighted by molar-refractivity contribution is 6.74. The van der Waals surface area contributed by atoms with Crippen molar-refractivity contribution < 1.29 is 57.1 Å². The predicted molar refractivity (Wildman–Crippen MR) is 281 cm³/mol. The number of hydrogen-bond acceptors (Lipinski definition) is 12. The van der Waals surface area contributed by atoms with Crippen LogP contribution in [0.2, 0.25) is 36.3 Å². The van der Waals surface area contributed by atoms with Crippen molar-refractivity contribution in [2.75, 3.05) is 27.9 Å². The minimum Gasteiger partial charge on any atom is -0.460 e. The summed E-state index contributed by atoms with van der Waals surface area (Å²) in [5.74, 6) is -6.43. The van der Waals surface area contributed by atoms with E-state index < -0.39 is 94.6 Å². The predicted octanol–water partition coefficient (Wildman–Crippen LogP) is 10.3. The Labute approximate surface area is 426 Å². The quantitative estimate of drug-likeness (QED) is 0.0826. The number of carbonyl (C=O) groups excluding carboxylic acids is 3. The van der Waals surface area contributed by atoms with E-state index in [0.29, 0.717) is 32.1 Å². The van der Waals surface area contributed by atoms with Gasteiger partial charge in [-0.3, -0.25) is 9.59 Å². The molecular weight excluding hydrogens is 923 g/mol. The lowest BCUT2D eigenvalue weighted by Gasteiger charge is -2.47. The van der Waals surface area contributed by atoms with E-state index in [1.54, 1.807) is 28.3 Å². The third kappa shape index (κ3) is 14.5. The summed E-state index contributed by atoms with van der Waals surface area (Å²) < 4.78 is 45.4. The minimum absolute atomic E-state index is 0.0178. The summed E-state index contributed by atoms with van der Waals surface area (Å²) in [6, 6.07) is -1.09. The van der Waals surface area contributed by atoms with Crippen molar-refractivity contribution in [1.29, 1.82) is 0 Å². The van der Waals surface area contributed by atoms with Crippen molar-refractivity contribution in [2.45, 2.75) is 251 Å². The van der Waals surface area contributed by atoms with E-state index in [9.17, 15) is 24.6 Å². The number of cyclic esters (lactones) is 1. The number of Topliss-reactive ketones (excluding diaryl/α,β-unsaturated/α-hetero) is 1. The van der Waals surface area contributed by atoms with Gasteiger partial charge < -0.3 is 47.6 Å². The molecule has 70 heavy (non-hydrogen) atoms. The molecular formula is C55H99NO12Si2. The molecule has 0 aromatic carbocycles. The van der Waals surface area contributed by atoms with Crippen molar-refractivity contribution >= 4 is 34.3 Å². The van der Waals surface area contributed by atoms with Crippen LogP contribution in [0.15, 0.2) is 23.3 Å². The first-order valence-electron chi connectivity index (χ1n) is 26.8. The number of aliphatic hydroxyl groups excluding tert-OH is 1. The maximum atomic E-state index is 14.9. The van der Waals surface area contributed by atoms with Crippen molar-refractivity contribution in [1.82, 2.24) is 4.90 Å². The summed E-state index contributed by atoms with van der Waals surface area (Å²) >= 11 is 0. The van der Waals surface area contributed by atoms with Gasteiger partial charge in [-0.15, -0.1) is 0 Å². The lowest BCUT2D eigenvalue weighted by molar-refractivity contribution is -0.302. The summed E-state index contributed by atoms with van der Waals surface area (Å²) in [7, 11) is 0.407. The summed E-state index contributed by atoms with van der Waals surface area (Å²) in [5, 5.41) is 24.5. The van der Waals surface area contributed by atoms with Gasteiger partial charge in [-0.05, 0) is 132 Å². The van der Waals surface area contributed by atoms with Gasteiger partial charge in [0.15, 0.2) is 16.6 Å². The smallest absolute Gasteiger partial charge is 0.329 e. The van der Waals surface area contributed by atoms with Crippen LogP contribution in [-0.2, 0) is 46.9 Å². The Hall–Kier alpha value is -1.80. The van der Waals surface area contributed by atoms with Crippen LogP contribution in [0.4, 0.5) is 0 Å². The van der Waals surface area contributed by atoms with Gasteiger partial charge in [-0.25, -0.2) is 4.79 Å². The molecule has 4 aliphatic rings. The van der Waals surface area contributed by atoms with Crippen LogP contribution in [-0.4, -0.2) is 138 Å². The Morgan fingerprint density at radius 3 is 2.04 bits per heavy atom. The van der Waals surface area contributed by atoms with Gasteiger partial charge in [0.2, 0.25) is 5.79 Å². The van der Waals surface area contributed by atoms with Crippen molar-refractivity contribution in [3.05, 3.63) is 23.3 Å². The van der Waals surface area contributed by atoms with Gasteiger partial charge in [0.1, 0.15) is 18.2 Å². The molecule has 13 nitrogen and oxygen atoms in total. The Morgan fingerprint density at radius 1 is 0.871 bits per heavy atom. The number of amides is 1. The molecule has 0 radical (unpaired) electrons. The zero-order valence-corrected chi connectivity index (χ0v) is 49.1. The highest BCUT2D eigenvalue weighted by Gasteiger charge is 2.57. The zero-order chi connectivity index (χ0) is 52.9. The zero-order valence-electron chi connectivity index (χ0n) is 47.1. The molecule has 1 saturated carbocycles. The molecule has 1 unspecified atom stereocenters. The molecule has 15 atom stereocenters. The van der Waals surface area contributed by atoms with E-state index in [2.05, 4.69) is 115 Å². The molecule has 2 N–H and O–H groups in total. The van der Waals surface area contributed by atoms with E-state index in [1.165, 1.54) is 4.90 Å². The maximum Gasteiger partial charge on any atom is 0.329 e. The molecule has 3 fully saturated rings. The minimum atomic E-state index is -2.48. The number of ether oxygens (including phenoxy) is 5. The van der Waals surface area contributed by atoms with Crippen LogP contribution in [0.3, 0.4) is 0 Å². The number of carbonyl (C=O) groups is 3. The normalized spacial score (nSPS) is 36.2. The molecule has 0 aromatic rings. The van der Waals surface area contributed by atoms with Gasteiger partial charge in [-0.1, -0.05) is 87.0 Å². The number of rotatable bonds is 12. The number of fused-ring (bicyclic) bond motifs is 3. The van der Waals surface area contributed by atoms with Crippen LogP contribution in [0.5, 0.6) is 0 Å². The number of methoxy groups -OCH3 is 3. The number of allylic oxidation sites excluding steroid dienone is 2. The Morgan fingerprint density at radius 2 is 1.47 bits per heavy atom. The van der Waals surface area contributed by atoms with Crippen LogP contribution in [0.1, 0.15) is 154 Å². The van der Waals surface area contributed by atoms with Gasteiger partial charge in [0.25, 0.3) is 11.7 Å². The average molecular weight is 1020 g/mol. The molecule has 4 rings (SSSR count). The molecule has 15 heteroatoms. The van der Waals surface area contributed by atoms with E-state index in [1.807, 2.05) is 0 Å². The molecule has 404 valence electrons. The van der Waals surface area contributed by atoms with Crippen LogP contribution in [0.25, 0.3) is 0 Å². The van der Waals surface area contributed by atoms with E-state index in [-0.39, 0.29) is 65.8 Å². The van der Waals surface area contributed by atoms with Gasteiger partial charge in [0, 0.05) is 52.0 Å². The largest absolute Gasteiger partial charge is 0.460 e. The highest BCUT2D eigenvalue weighted by atomic mass is 28.4. The first kappa shape index (κ1) is 60.8. The molecule has 0 spiro atoms. The molecule has 3 aliphatic heterocycles. The lowest BCUT2D eigenvalue weighted by Crippen LogP contribution is -2.64. The van der Waals surface area contributed by atoms with Crippen LogP contribution < -0.4 is 0 Å². The van der Waals surface area contributed by atoms with Crippen LogP contribution in [0, 0.1) is 29.6 Å². The summed E-state index contributed by atoms with van der Waals surface area (Å²) in [4.78, 5) is 45.2. The fourth-order valence-electron chi connectivity index (χ4n) is 10.9. The van der Waals surface area contributed by atoms with E-state index in [0.717, 1.165) is 30.4 Å². The number of piperidine rings is 1. The molecule has 2 saturated heterocycles. The third-order valence-corrected chi connectivity index (χ3v) is 26.5. The molecule has 3 heterocycles.